The van der Waals surface area contributed by atoms with Crippen molar-refractivity contribution < 1.29 is 4.39 Å². The molecule has 0 unspecified atom stereocenters. The van der Waals surface area contributed by atoms with Gasteiger partial charge in [-0.2, -0.15) is 5.26 Å². The third-order valence-electron chi connectivity index (χ3n) is 4.29. The third kappa shape index (κ3) is 2.93. The average Bonchev–Trinajstić information content (AvgIpc) is 2.92. The molecule has 1 aliphatic heterocycles. The second-order valence-corrected chi connectivity index (χ2v) is 5.77. The molecule has 1 aromatic carbocycles. The number of nitrogens with two attached hydrogens (primary N) is 1. The molecule has 0 amide bonds. The van der Waals surface area contributed by atoms with Gasteiger partial charge in [0, 0.05) is 38.4 Å². The highest BCUT2D eigenvalue weighted by atomic mass is 19.1. The Hall–Kier alpha value is -2.94. The Morgan fingerprint density at radius 3 is 2.38 bits per heavy atom. The van der Waals surface area contributed by atoms with E-state index in [0.29, 0.717) is 17.9 Å². The SMILES string of the molecule is C=CCn1c(C#N)cc(N)c1N1CCN(c2ccc(F)cc2)CC1. The smallest absolute Gasteiger partial charge is 0.133 e. The molecule has 124 valence electrons. The Bertz CT molecular complexity index is 764. The van der Waals surface area contributed by atoms with Crippen molar-refractivity contribution in [2.24, 2.45) is 0 Å². The van der Waals surface area contributed by atoms with Gasteiger partial charge in [0.1, 0.15) is 23.4 Å². The van der Waals surface area contributed by atoms with E-state index >= 15 is 0 Å². The summed E-state index contributed by atoms with van der Waals surface area (Å²) in [7, 11) is 0. The summed E-state index contributed by atoms with van der Waals surface area (Å²) in [5.74, 6) is 0.654. The number of nitrogen functional groups attached to an aromatic ring is 1. The highest BCUT2D eigenvalue weighted by molar-refractivity contribution is 5.68. The van der Waals surface area contributed by atoms with Crippen molar-refractivity contribution in [3.05, 3.63) is 54.5 Å². The normalized spacial score (nSPS) is 14.5. The molecule has 6 heteroatoms. The van der Waals surface area contributed by atoms with Crippen molar-refractivity contribution in [1.29, 1.82) is 5.26 Å². The lowest BCUT2D eigenvalue weighted by Gasteiger charge is -2.37. The van der Waals surface area contributed by atoms with Crippen molar-refractivity contribution in [3.8, 4) is 6.07 Å². The number of allylic oxidation sites excluding steroid dienone is 1. The number of nitriles is 1. The van der Waals surface area contributed by atoms with Gasteiger partial charge in [0.15, 0.2) is 0 Å². The second-order valence-electron chi connectivity index (χ2n) is 5.77. The average molecular weight is 325 g/mol. The van der Waals surface area contributed by atoms with Crippen LogP contribution in [0, 0.1) is 17.1 Å². The highest BCUT2D eigenvalue weighted by Crippen LogP contribution is 2.29. The molecule has 1 fully saturated rings. The number of benzene rings is 1. The van der Waals surface area contributed by atoms with Crippen LogP contribution in [0.5, 0.6) is 0 Å². The van der Waals surface area contributed by atoms with Crippen LogP contribution < -0.4 is 15.5 Å². The topological polar surface area (TPSA) is 61.2 Å². The summed E-state index contributed by atoms with van der Waals surface area (Å²) >= 11 is 0. The van der Waals surface area contributed by atoms with E-state index in [1.54, 1.807) is 24.3 Å². The first-order valence-electron chi connectivity index (χ1n) is 7.89. The minimum Gasteiger partial charge on any atom is -0.396 e. The van der Waals surface area contributed by atoms with E-state index in [4.69, 9.17) is 5.73 Å². The van der Waals surface area contributed by atoms with Gasteiger partial charge in [0.25, 0.3) is 0 Å². The molecule has 0 aliphatic carbocycles. The van der Waals surface area contributed by atoms with Crippen molar-refractivity contribution in [1.82, 2.24) is 4.57 Å². The zero-order chi connectivity index (χ0) is 17.1. The van der Waals surface area contributed by atoms with Gasteiger partial charge >= 0.3 is 0 Å². The standard InChI is InChI=1S/C18H20FN5/c1-2-7-24-16(13-20)12-17(21)18(24)23-10-8-22(9-11-23)15-5-3-14(19)4-6-15/h2-6,12H,1,7-11,21H2. The van der Waals surface area contributed by atoms with Crippen LogP contribution in [-0.2, 0) is 6.54 Å². The fraction of sp³-hybridized carbons (Fsp3) is 0.278. The van der Waals surface area contributed by atoms with Crippen LogP contribution in [0.2, 0.25) is 0 Å². The minimum atomic E-state index is -0.226. The van der Waals surface area contributed by atoms with E-state index in [-0.39, 0.29) is 5.82 Å². The molecular weight excluding hydrogens is 305 g/mol. The fourth-order valence-corrected chi connectivity index (χ4v) is 3.15. The summed E-state index contributed by atoms with van der Waals surface area (Å²) in [4.78, 5) is 4.41. The van der Waals surface area contributed by atoms with Crippen LogP contribution in [0.25, 0.3) is 0 Å². The number of aromatic nitrogens is 1. The molecule has 2 heterocycles. The van der Waals surface area contributed by atoms with Crippen molar-refractivity contribution in [2.75, 3.05) is 41.7 Å². The summed E-state index contributed by atoms with van der Waals surface area (Å²) in [5, 5.41) is 9.28. The Kier molecular flexibility index (Phi) is 4.43. The maximum Gasteiger partial charge on any atom is 0.133 e. The van der Waals surface area contributed by atoms with E-state index in [2.05, 4.69) is 22.4 Å². The maximum atomic E-state index is 13.1. The zero-order valence-corrected chi connectivity index (χ0v) is 13.5. The number of rotatable bonds is 4. The summed E-state index contributed by atoms with van der Waals surface area (Å²) < 4.78 is 15.0. The van der Waals surface area contributed by atoms with Crippen molar-refractivity contribution in [2.45, 2.75) is 6.54 Å². The van der Waals surface area contributed by atoms with Gasteiger partial charge in [-0.3, -0.25) is 0 Å². The van der Waals surface area contributed by atoms with E-state index in [1.165, 1.54) is 12.1 Å². The first-order chi connectivity index (χ1) is 11.6. The molecule has 24 heavy (non-hydrogen) atoms. The molecule has 2 N–H and O–H groups in total. The van der Waals surface area contributed by atoms with E-state index in [1.807, 2.05) is 4.57 Å². The van der Waals surface area contributed by atoms with Gasteiger partial charge in [-0.1, -0.05) is 6.08 Å². The molecule has 0 saturated carbocycles. The number of hydrogen-bond donors (Lipinski definition) is 1. The number of nitrogens with zero attached hydrogens (tertiary/aromatic N) is 4. The largest absolute Gasteiger partial charge is 0.396 e. The van der Waals surface area contributed by atoms with Crippen molar-refractivity contribution >= 4 is 17.2 Å². The Morgan fingerprint density at radius 1 is 1.17 bits per heavy atom. The van der Waals surface area contributed by atoms with E-state index in [9.17, 15) is 9.65 Å². The van der Waals surface area contributed by atoms with Crippen LogP contribution >= 0.6 is 0 Å². The maximum absolute atomic E-state index is 13.1. The molecule has 3 rings (SSSR count). The zero-order valence-electron chi connectivity index (χ0n) is 13.5. The van der Waals surface area contributed by atoms with Crippen molar-refractivity contribution in [3.63, 3.8) is 0 Å². The molecule has 0 bridgehead atoms. The molecular formula is C18H20FN5. The highest BCUT2D eigenvalue weighted by Gasteiger charge is 2.23. The van der Waals surface area contributed by atoms with Crippen LogP contribution in [0.3, 0.4) is 0 Å². The first kappa shape index (κ1) is 15.9. The Morgan fingerprint density at radius 2 is 1.79 bits per heavy atom. The fourth-order valence-electron chi connectivity index (χ4n) is 3.15. The molecule has 0 atom stereocenters. The summed E-state index contributed by atoms with van der Waals surface area (Å²) in [6, 6.07) is 10.5. The monoisotopic (exact) mass is 325 g/mol. The van der Waals surface area contributed by atoms with Gasteiger partial charge in [-0.05, 0) is 30.3 Å². The summed E-state index contributed by atoms with van der Waals surface area (Å²) in [6.45, 7) is 7.50. The lowest BCUT2D eigenvalue weighted by atomic mass is 10.2. The molecule has 5 nitrogen and oxygen atoms in total. The Balaban J connectivity index is 1.77. The number of halogens is 1. The molecule has 1 saturated heterocycles. The van der Waals surface area contributed by atoms with E-state index < -0.39 is 0 Å². The lowest BCUT2D eigenvalue weighted by Crippen LogP contribution is -2.47. The van der Waals surface area contributed by atoms with Crippen LogP contribution in [0.15, 0.2) is 43.0 Å². The lowest BCUT2D eigenvalue weighted by molar-refractivity contribution is 0.621. The summed E-state index contributed by atoms with van der Waals surface area (Å²) in [5.41, 5.74) is 8.31. The van der Waals surface area contributed by atoms with Crippen LogP contribution in [0.1, 0.15) is 5.69 Å². The summed E-state index contributed by atoms with van der Waals surface area (Å²) in [6.07, 6.45) is 1.76. The predicted molar refractivity (Wildman–Crippen MR) is 94.6 cm³/mol. The molecule has 1 aromatic heterocycles. The Labute approximate surface area is 141 Å². The quantitative estimate of drug-likeness (QED) is 0.878. The van der Waals surface area contributed by atoms with Gasteiger partial charge in [-0.15, -0.1) is 6.58 Å². The van der Waals surface area contributed by atoms with E-state index in [0.717, 1.165) is 37.7 Å². The first-order valence-corrected chi connectivity index (χ1v) is 7.89. The number of hydrogen-bond acceptors (Lipinski definition) is 4. The van der Waals surface area contributed by atoms with Crippen LogP contribution in [-0.4, -0.2) is 30.7 Å². The second kappa shape index (κ2) is 6.67. The minimum absolute atomic E-state index is 0.226. The van der Waals surface area contributed by atoms with Gasteiger partial charge < -0.3 is 20.1 Å². The van der Waals surface area contributed by atoms with Gasteiger partial charge in [0.05, 0.1) is 5.69 Å². The predicted octanol–water partition coefficient (Wildman–Crippen LogP) is 2.59. The number of piperazine rings is 1. The molecule has 0 radical (unpaired) electrons. The van der Waals surface area contributed by atoms with Crippen LogP contribution in [0.4, 0.5) is 21.6 Å². The molecule has 0 spiro atoms. The van der Waals surface area contributed by atoms with Gasteiger partial charge in [-0.25, -0.2) is 4.39 Å². The number of anilines is 3. The van der Waals surface area contributed by atoms with Gasteiger partial charge in [0.2, 0.25) is 0 Å². The molecule has 2 aromatic rings. The molecule has 1 aliphatic rings. The third-order valence-corrected chi connectivity index (χ3v) is 4.29.